The van der Waals surface area contributed by atoms with Crippen molar-refractivity contribution in [2.45, 2.75) is 19.8 Å². The molecule has 0 aromatic heterocycles. The van der Waals surface area contributed by atoms with E-state index in [2.05, 4.69) is 12.2 Å². The molecule has 0 atom stereocenters. The predicted octanol–water partition coefficient (Wildman–Crippen LogP) is 3.75. The first-order valence-corrected chi connectivity index (χ1v) is 6.45. The van der Waals surface area contributed by atoms with Crippen molar-refractivity contribution in [1.29, 1.82) is 0 Å². The number of benzene rings is 1. The molecule has 0 saturated carbocycles. The Morgan fingerprint density at radius 2 is 2.28 bits per heavy atom. The molecule has 0 aliphatic rings. The van der Waals surface area contributed by atoms with Crippen LogP contribution in [0.1, 0.15) is 25.3 Å². The topological polar surface area (TPSA) is 32.3 Å². The number of hydrogen-bond donors (Lipinski definition) is 1. The van der Waals surface area contributed by atoms with Crippen molar-refractivity contribution in [3.05, 3.63) is 41.1 Å². The van der Waals surface area contributed by atoms with Crippen molar-refractivity contribution in [1.82, 2.24) is 10.2 Å². The lowest BCUT2D eigenvalue weighted by Gasteiger charge is -2.15. The van der Waals surface area contributed by atoms with Crippen molar-refractivity contribution in [2.75, 3.05) is 13.6 Å². The molecule has 0 heterocycles. The van der Waals surface area contributed by atoms with Crippen molar-refractivity contribution >= 4 is 23.7 Å². The quantitative estimate of drug-likeness (QED) is 0.865. The first-order valence-electron chi connectivity index (χ1n) is 6.07. The van der Waals surface area contributed by atoms with Crippen LogP contribution in [0.25, 0.3) is 6.08 Å². The number of carbonyl (C=O) groups excluding carboxylic acids is 1. The Morgan fingerprint density at radius 3 is 2.94 bits per heavy atom. The summed E-state index contributed by atoms with van der Waals surface area (Å²) in [6.07, 6.45) is 5.55. The van der Waals surface area contributed by atoms with Gasteiger partial charge >= 0.3 is 6.03 Å². The average molecular weight is 267 g/mol. The normalized spacial score (nSPS) is 10.6. The van der Waals surface area contributed by atoms with Crippen LogP contribution >= 0.6 is 11.6 Å². The molecule has 0 unspecified atom stereocenters. The van der Waals surface area contributed by atoms with E-state index in [1.54, 1.807) is 18.1 Å². The van der Waals surface area contributed by atoms with Gasteiger partial charge < -0.3 is 10.2 Å². The van der Waals surface area contributed by atoms with Crippen LogP contribution in [-0.4, -0.2) is 24.5 Å². The van der Waals surface area contributed by atoms with Gasteiger partial charge in [-0.15, -0.1) is 0 Å². The molecule has 1 rings (SSSR count). The first-order chi connectivity index (χ1) is 8.63. The van der Waals surface area contributed by atoms with Gasteiger partial charge in [0.25, 0.3) is 0 Å². The van der Waals surface area contributed by atoms with Gasteiger partial charge in [-0.3, -0.25) is 0 Å². The summed E-state index contributed by atoms with van der Waals surface area (Å²) < 4.78 is 0. The number of unbranched alkanes of at least 4 members (excludes halogenated alkanes) is 1. The third-order valence-electron chi connectivity index (χ3n) is 2.53. The van der Waals surface area contributed by atoms with Crippen LogP contribution in [0.2, 0.25) is 5.02 Å². The number of urea groups is 1. The van der Waals surface area contributed by atoms with Crippen LogP contribution in [0.5, 0.6) is 0 Å². The van der Waals surface area contributed by atoms with E-state index in [9.17, 15) is 4.79 Å². The Bertz CT molecular complexity index is 418. The highest BCUT2D eigenvalue weighted by molar-refractivity contribution is 6.30. The highest BCUT2D eigenvalue weighted by atomic mass is 35.5. The fraction of sp³-hybridized carbons (Fsp3) is 0.357. The van der Waals surface area contributed by atoms with Gasteiger partial charge in [0.2, 0.25) is 0 Å². The molecule has 0 fully saturated rings. The van der Waals surface area contributed by atoms with Crippen molar-refractivity contribution in [3.8, 4) is 0 Å². The molecule has 0 radical (unpaired) electrons. The number of nitrogens with one attached hydrogen (secondary N) is 1. The number of hydrogen-bond acceptors (Lipinski definition) is 1. The zero-order valence-corrected chi connectivity index (χ0v) is 11.6. The minimum Gasteiger partial charge on any atom is -0.328 e. The predicted molar refractivity (Wildman–Crippen MR) is 76.6 cm³/mol. The van der Waals surface area contributed by atoms with Gasteiger partial charge in [0.15, 0.2) is 0 Å². The molecule has 1 aromatic rings. The van der Waals surface area contributed by atoms with E-state index in [-0.39, 0.29) is 6.03 Å². The maximum atomic E-state index is 11.6. The number of nitrogens with zero attached hydrogens (tertiary/aromatic N) is 1. The highest BCUT2D eigenvalue weighted by Gasteiger charge is 2.04. The van der Waals surface area contributed by atoms with E-state index >= 15 is 0 Å². The van der Waals surface area contributed by atoms with Gasteiger partial charge in [0, 0.05) is 24.8 Å². The Hall–Kier alpha value is -1.48. The molecule has 1 aromatic carbocycles. The summed E-state index contributed by atoms with van der Waals surface area (Å²) in [5, 5.41) is 3.41. The highest BCUT2D eigenvalue weighted by Crippen LogP contribution is 2.11. The molecule has 4 heteroatoms. The molecule has 18 heavy (non-hydrogen) atoms. The Morgan fingerprint density at radius 1 is 1.50 bits per heavy atom. The minimum atomic E-state index is -0.0956. The number of rotatable bonds is 5. The van der Waals surface area contributed by atoms with E-state index in [0.29, 0.717) is 5.02 Å². The van der Waals surface area contributed by atoms with Crippen LogP contribution in [-0.2, 0) is 0 Å². The average Bonchev–Trinajstić information content (AvgIpc) is 2.35. The largest absolute Gasteiger partial charge is 0.328 e. The van der Waals surface area contributed by atoms with E-state index < -0.39 is 0 Å². The van der Waals surface area contributed by atoms with Gasteiger partial charge in [-0.25, -0.2) is 4.79 Å². The summed E-state index contributed by atoms with van der Waals surface area (Å²) in [6, 6.07) is 7.36. The molecule has 1 N–H and O–H groups in total. The monoisotopic (exact) mass is 266 g/mol. The van der Waals surface area contributed by atoms with Crippen molar-refractivity contribution in [2.24, 2.45) is 0 Å². The lowest BCUT2D eigenvalue weighted by Crippen LogP contribution is -2.34. The summed E-state index contributed by atoms with van der Waals surface area (Å²) in [7, 11) is 1.79. The Kier molecular flexibility index (Phi) is 6.29. The number of amides is 2. The molecule has 0 saturated heterocycles. The zero-order valence-electron chi connectivity index (χ0n) is 10.8. The summed E-state index contributed by atoms with van der Waals surface area (Å²) >= 11 is 5.86. The van der Waals surface area contributed by atoms with E-state index in [4.69, 9.17) is 11.6 Å². The molecule has 0 spiro atoms. The second-order valence-electron chi connectivity index (χ2n) is 4.11. The first kappa shape index (κ1) is 14.6. The van der Waals surface area contributed by atoms with Crippen LogP contribution < -0.4 is 5.32 Å². The van der Waals surface area contributed by atoms with Crippen molar-refractivity contribution < 1.29 is 4.79 Å². The Balaban J connectivity index is 2.42. The molecule has 98 valence electrons. The fourth-order valence-corrected chi connectivity index (χ4v) is 1.63. The van der Waals surface area contributed by atoms with Crippen LogP contribution in [0.15, 0.2) is 30.5 Å². The van der Waals surface area contributed by atoms with Gasteiger partial charge in [-0.1, -0.05) is 37.1 Å². The molecule has 0 aliphatic heterocycles. The minimum absolute atomic E-state index is 0.0956. The van der Waals surface area contributed by atoms with Crippen molar-refractivity contribution in [3.63, 3.8) is 0 Å². The number of carbonyl (C=O) groups is 1. The molecular weight excluding hydrogens is 248 g/mol. The van der Waals surface area contributed by atoms with Crippen LogP contribution in [0, 0.1) is 0 Å². The van der Waals surface area contributed by atoms with Gasteiger partial charge in [-0.2, -0.15) is 0 Å². The van der Waals surface area contributed by atoms with Gasteiger partial charge in [-0.05, 0) is 30.2 Å². The molecule has 0 aliphatic carbocycles. The lowest BCUT2D eigenvalue weighted by atomic mass is 10.2. The summed E-state index contributed by atoms with van der Waals surface area (Å²) in [5.41, 5.74) is 0.957. The maximum Gasteiger partial charge on any atom is 0.321 e. The second kappa shape index (κ2) is 7.77. The molecule has 0 bridgehead atoms. The van der Waals surface area contributed by atoms with Gasteiger partial charge in [0.1, 0.15) is 0 Å². The molecule has 3 nitrogen and oxygen atoms in total. The Labute approximate surface area is 113 Å². The third-order valence-corrected chi connectivity index (χ3v) is 2.76. The summed E-state index contributed by atoms with van der Waals surface area (Å²) in [6.45, 7) is 2.87. The van der Waals surface area contributed by atoms with E-state index in [1.807, 2.05) is 30.3 Å². The molecule has 2 amide bonds. The zero-order chi connectivity index (χ0) is 13.4. The van der Waals surface area contributed by atoms with Crippen LogP contribution in [0.3, 0.4) is 0 Å². The smallest absolute Gasteiger partial charge is 0.321 e. The second-order valence-corrected chi connectivity index (χ2v) is 4.55. The van der Waals surface area contributed by atoms with Gasteiger partial charge in [0.05, 0.1) is 0 Å². The third kappa shape index (κ3) is 5.23. The molecular formula is C14H19ClN2O. The fourth-order valence-electron chi connectivity index (χ4n) is 1.43. The van der Waals surface area contributed by atoms with Crippen LogP contribution in [0.4, 0.5) is 4.79 Å². The summed E-state index contributed by atoms with van der Waals surface area (Å²) in [5.74, 6) is 0. The van der Waals surface area contributed by atoms with E-state index in [1.165, 1.54) is 0 Å². The SMILES string of the molecule is CCCCN(C)C(=O)N/C=C/c1cccc(Cl)c1. The van der Waals surface area contributed by atoms with E-state index in [0.717, 1.165) is 24.9 Å². The number of halogens is 1. The standard InChI is InChI=1S/C14H19ClN2O/c1-3-4-10-17(2)14(18)16-9-8-12-6-5-7-13(15)11-12/h5-9,11H,3-4,10H2,1-2H3,(H,16,18)/b9-8+. The summed E-state index contributed by atoms with van der Waals surface area (Å²) in [4.78, 5) is 13.3. The maximum absolute atomic E-state index is 11.6. The lowest BCUT2D eigenvalue weighted by molar-refractivity contribution is 0.212.